The highest BCUT2D eigenvalue weighted by atomic mass is 32.1. The van der Waals surface area contributed by atoms with E-state index in [2.05, 4.69) is 25.5 Å². The number of rotatable bonds is 4. The molecule has 2 rings (SSSR count). The summed E-state index contributed by atoms with van der Waals surface area (Å²) in [7, 11) is 3.27. The smallest absolute Gasteiger partial charge is 0.359 e. The van der Waals surface area contributed by atoms with Crippen molar-refractivity contribution in [3.63, 3.8) is 0 Å². The van der Waals surface area contributed by atoms with Gasteiger partial charge in [0.05, 0.1) is 6.54 Å². The van der Waals surface area contributed by atoms with Crippen LogP contribution < -0.4 is 10.6 Å². The number of amides is 1. The van der Waals surface area contributed by atoms with Crippen LogP contribution in [0.1, 0.15) is 30.0 Å². The average Bonchev–Trinajstić information content (AvgIpc) is 3.06. The number of nitrogens with one attached hydrogen (secondary N) is 2. The number of thiazole rings is 1. The third kappa shape index (κ3) is 5.58. The van der Waals surface area contributed by atoms with Gasteiger partial charge >= 0.3 is 6.18 Å². The van der Waals surface area contributed by atoms with Crippen LogP contribution in [0.2, 0.25) is 0 Å². The molecule has 0 spiro atoms. The molecule has 25 heavy (non-hydrogen) atoms. The van der Waals surface area contributed by atoms with Gasteiger partial charge in [0.25, 0.3) is 0 Å². The highest BCUT2D eigenvalue weighted by Gasteiger charge is 2.33. The van der Waals surface area contributed by atoms with E-state index >= 15 is 0 Å². The zero-order valence-corrected chi connectivity index (χ0v) is 15.0. The lowest BCUT2D eigenvalue weighted by Crippen LogP contribution is -2.45. The summed E-state index contributed by atoms with van der Waals surface area (Å²) in [4.78, 5) is 21.3. The van der Waals surface area contributed by atoms with Crippen LogP contribution in [0, 0.1) is 5.92 Å². The van der Waals surface area contributed by atoms with Crippen molar-refractivity contribution in [3.05, 3.63) is 16.1 Å². The first-order valence-electron chi connectivity index (χ1n) is 8.01. The maximum absolute atomic E-state index is 12.6. The monoisotopic (exact) mass is 377 g/mol. The molecule has 1 saturated heterocycles. The molecule has 10 heteroatoms. The number of piperidine rings is 1. The molecule has 1 amide bonds. The van der Waals surface area contributed by atoms with Crippen molar-refractivity contribution in [3.8, 4) is 0 Å². The van der Waals surface area contributed by atoms with Gasteiger partial charge in [-0.15, -0.1) is 11.3 Å². The minimum atomic E-state index is -4.41. The lowest BCUT2D eigenvalue weighted by Gasteiger charge is -2.33. The maximum atomic E-state index is 12.6. The van der Waals surface area contributed by atoms with Crippen molar-refractivity contribution >= 4 is 23.2 Å². The number of aliphatic imine (C=N–C) groups is 1. The Bertz CT molecular complexity index is 609. The van der Waals surface area contributed by atoms with E-state index in [4.69, 9.17) is 0 Å². The molecule has 0 saturated carbocycles. The fourth-order valence-corrected chi connectivity index (χ4v) is 3.46. The molecule has 0 atom stereocenters. The number of likely N-dealkylation sites (tertiary alicyclic amines) is 1. The van der Waals surface area contributed by atoms with E-state index in [1.54, 1.807) is 14.1 Å². The van der Waals surface area contributed by atoms with E-state index in [0.717, 1.165) is 42.6 Å². The second kappa shape index (κ2) is 8.50. The number of nitrogens with zero attached hydrogens (tertiary/aromatic N) is 3. The summed E-state index contributed by atoms with van der Waals surface area (Å²) < 4.78 is 37.7. The molecule has 6 nitrogen and oxygen atoms in total. The third-order valence-corrected chi connectivity index (χ3v) is 4.97. The zero-order chi connectivity index (χ0) is 18.4. The van der Waals surface area contributed by atoms with Crippen LogP contribution in [0.15, 0.2) is 10.4 Å². The summed E-state index contributed by atoms with van der Waals surface area (Å²) in [5.41, 5.74) is -0.862. The van der Waals surface area contributed by atoms with Gasteiger partial charge in [0.15, 0.2) is 11.7 Å². The lowest BCUT2D eigenvalue weighted by molar-refractivity contribution is -0.140. The summed E-state index contributed by atoms with van der Waals surface area (Å²) in [6.45, 7) is 1.71. The summed E-state index contributed by atoms with van der Waals surface area (Å²) in [6, 6.07) is 0. The summed E-state index contributed by atoms with van der Waals surface area (Å²) >= 11 is 0.974. The van der Waals surface area contributed by atoms with Crippen LogP contribution in [0.25, 0.3) is 0 Å². The molecule has 1 aromatic heterocycles. The third-order valence-electron chi connectivity index (χ3n) is 4.12. The molecule has 2 heterocycles. The molecule has 2 N–H and O–H groups in total. The lowest BCUT2D eigenvalue weighted by atomic mass is 9.93. The van der Waals surface area contributed by atoms with Crippen molar-refractivity contribution < 1.29 is 18.0 Å². The molecule has 1 fully saturated rings. The van der Waals surface area contributed by atoms with E-state index < -0.39 is 11.9 Å². The van der Waals surface area contributed by atoms with Crippen LogP contribution in [0.5, 0.6) is 0 Å². The van der Waals surface area contributed by atoms with Gasteiger partial charge in [0, 0.05) is 39.0 Å². The second-order valence-corrected chi connectivity index (χ2v) is 6.78. The number of carbonyl (C=O) groups excluding carboxylic acids is 1. The minimum Gasteiger partial charge on any atom is -0.359 e. The van der Waals surface area contributed by atoms with Gasteiger partial charge < -0.3 is 15.5 Å². The predicted molar refractivity (Wildman–Crippen MR) is 90.3 cm³/mol. The highest BCUT2D eigenvalue weighted by Crippen LogP contribution is 2.30. The van der Waals surface area contributed by atoms with Gasteiger partial charge in [0.1, 0.15) is 5.01 Å². The van der Waals surface area contributed by atoms with Gasteiger partial charge in [-0.05, 0) is 18.8 Å². The Hall–Kier alpha value is -1.84. The van der Waals surface area contributed by atoms with Gasteiger partial charge in [0.2, 0.25) is 5.91 Å². The van der Waals surface area contributed by atoms with Crippen LogP contribution in [-0.2, 0) is 17.5 Å². The first-order chi connectivity index (χ1) is 11.8. The SMILES string of the molecule is CN=C(NCc1nc(C(F)(F)F)cs1)N1CCC(CC(=O)NC)CC1. The number of hydrogen-bond donors (Lipinski definition) is 2. The van der Waals surface area contributed by atoms with Crippen LogP contribution in [-0.4, -0.2) is 48.9 Å². The molecule has 0 radical (unpaired) electrons. The van der Waals surface area contributed by atoms with Crippen molar-refractivity contribution in [2.45, 2.75) is 32.0 Å². The molecule has 0 bridgehead atoms. The normalized spacial score (nSPS) is 16.8. The van der Waals surface area contributed by atoms with Gasteiger partial charge in [-0.2, -0.15) is 13.2 Å². The van der Waals surface area contributed by atoms with E-state index in [1.807, 2.05) is 0 Å². The Morgan fingerprint density at radius 3 is 2.64 bits per heavy atom. The fraction of sp³-hybridized carbons (Fsp3) is 0.667. The minimum absolute atomic E-state index is 0.0465. The average molecular weight is 377 g/mol. The zero-order valence-electron chi connectivity index (χ0n) is 14.2. The summed E-state index contributed by atoms with van der Waals surface area (Å²) in [5.74, 6) is 1.04. The second-order valence-electron chi connectivity index (χ2n) is 5.83. The van der Waals surface area contributed by atoms with Gasteiger partial charge in [-0.25, -0.2) is 4.98 Å². The number of halogens is 3. The number of carbonyl (C=O) groups is 1. The van der Waals surface area contributed by atoms with E-state index in [1.165, 1.54) is 0 Å². The molecule has 1 aromatic rings. The first kappa shape index (κ1) is 19.5. The predicted octanol–water partition coefficient (Wildman–Crippen LogP) is 2.09. The Kier molecular flexibility index (Phi) is 6.63. The number of aromatic nitrogens is 1. The Morgan fingerprint density at radius 1 is 1.44 bits per heavy atom. The molecular weight excluding hydrogens is 355 g/mol. The molecule has 0 aromatic carbocycles. The Labute approximate surface area is 148 Å². The molecule has 1 aliphatic rings. The first-order valence-corrected chi connectivity index (χ1v) is 8.89. The molecule has 1 aliphatic heterocycles. The van der Waals surface area contributed by atoms with Gasteiger partial charge in [-0.3, -0.25) is 9.79 Å². The number of hydrogen-bond acceptors (Lipinski definition) is 4. The highest BCUT2D eigenvalue weighted by molar-refractivity contribution is 7.09. The largest absolute Gasteiger partial charge is 0.434 e. The maximum Gasteiger partial charge on any atom is 0.434 e. The molecule has 0 aliphatic carbocycles. The Morgan fingerprint density at radius 2 is 2.12 bits per heavy atom. The van der Waals surface area contributed by atoms with Crippen molar-refractivity contribution in [1.29, 1.82) is 0 Å². The standard InChI is InChI=1S/C15H22F3N5OS/c1-19-12(24)7-10-3-5-23(6-4-10)14(20-2)21-8-13-22-11(9-25-13)15(16,17)18/h9-10H,3-8H2,1-2H3,(H,19,24)(H,20,21). The van der Waals surface area contributed by atoms with Crippen LogP contribution >= 0.6 is 11.3 Å². The van der Waals surface area contributed by atoms with Crippen molar-refractivity contribution in [2.75, 3.05) is 27.2 Å². The fourth-order valence-electron chi connectivity index (χ4n) is 2.72. The number of alkyl halides is 3. The summed E-state index contributed by atoms with van der Waals surface area (Å²) in [6.07, 6.45) is -2.13. The van der Waals surface area contributed by atoms with Crippen LogP contribution in [0.4, 0.5) is 13.2 Å². The van der Waals surface area contributed by atoms with E-state index in [-0.39, 0.29) is 12.5 Å². The number of guanidine groups is 1. The van der Waals surface area contributed by atoms with Crippen LogP contribution in [0.3, 0.4) is 0 Å². The topological polar surface area (TPSA) is 69.6 Å². The van der Waals surface area contributed by atoms with Crippen molar-refractivity contribution in [2.24, 2.45) is 10.9 Å². The van der Waals surface area contributed by atoms with E-state index in [0.29, 0.717) is 23.3 Å². The molecule has 0 unspecified atom stereocenters. The molecule has 140 valence electrons. The van der Waals surface area contributed by atoms with E-state index in [9.17, 15) is 18.0 Å². The van der Waals surface area contributed by atoms with Crippen molar-refractivity contribution in [1.82, 2.24) is 20.5 Å². The Balaban J connectivity index is 1.83. The van der Waals surface area contributed by atoms with Gasteiger partial charge in [-0.1, -0.05) is 0 Å². The quantitative estimate of drug-likeness (QED) is 0.623. The summed E-state index contributed by atoms with van der Waals surface area (Å²) in [5, 5.41) is 7.08. The molecular formula is C15H22F3N5OS.